The average molecular weight is 473 g/mol. The van der Waals surface area contributed by atoms with E-state index in [9.17, 15) is 27.5 Å². The number of carbonyl (C=O) groups is 2. The van der Waals surface area contributed by atoms with Gasteiger partial charge in [-0.25, -0.2) is 17.6 Å². The van der Waals surface area contributed by atoms with Crippen molar-refractivity contribution in [2.45, 2.75) is 58.0 Å². The number of rotatable bonds is 12. The van der Waals surface area contributed by atoms with Gasteiger partial charge in [0.2, 0.25) is 5.91 Å². The van der Waals surface area contributed by atoms with Gasteiger partial charge in [-0.3, -0.25) is 10.1 Å². The third-order valence-corrected chi connectivity index (χ3v) is 7.05. The van der Waals surface area contributed by atoms with Crippen molar-refractivity contribution in [3.8, 4) is 5.75 Å². The first-order valence-electron chi connectivity index (χ1n) is 10.8. The Balaban J connectivity index is 1.80. The second kappa shape index (κ2) is 11.1. The molecule has 1 aromatic carbocycles. The molecule has 0 saturated carbocycles. The van der Waals surface area contributed by atoms with Crippen molar-refractivity contribution in [3.05, 3.63) is 29.6 Å². The topological polar surface area (TPSA) is 113 Å². The Morgan fingerprint density at radius 3 is 2.62 bits per heavy atom. The molecular formula is C22H33FN2O6S. The number of unbranched alkanes of at least 4 members (excludes halogenated alkanes) is 2. The van der Waals surface area contributed by atoms with Gasteiger partial charge in [0, 0.05) is 19.5 Å². The highest BCUT2D eigenvalue weighted by molar-refractivity contribution is 7.91. The average Bonchev–Trinajstić information content (AvgIpc) is 2.67. The molecule has 1 aromatic rings. The first kappa shape index (κ1) is 26.1. The van der Waals surface area contributed by atoms with E-state index in [2.05, 4.69) is 5.32 Å². The minimum atomic E-state index is -3.32. The fraction of sp³-hybridized carbons (Fsp3) is 0.636. The van der Waals surface area contributed by atoms with Crippen LogP contribution in [-0.2, 0) is 14.6 Å². The Kier molecular flexibility index (Phi) is 9.03. The second-order valence-corrected chi connectivity index (χ2v) is 11.2. The van der Waals surface area contributed by atoms with Crippen LogP contribution in [0.25, 0.3) is 0 Å². The largest absolute Gasteiger partial charge is 0.488 e. The molecule has 1 atom stereocenters. The molecule has 32 heavy (non-hydrogen) atoms. The van der Waals surface area contributed by atoms with Crippen molar-refractivity contribution in [1.82, 2.24) is 10.2 Å². The van der Waals surface area contributed by atoms with Crippen LogP contribution in [0.15, 0.2) is 18.2 Å². The van der Waals surface area contributed by atoms with E-state index >= 15 is 0 Å². The van der Waals surface area contributed by atoms with Gasteiger partial charge in [-0.05, 0) is 50.3 Å². The summed E-state index contributed by atoms with van der Waals surface area (Å²) in [6.07, 6.45) is 2.07. The van der Waals surface area contributed by atoms with Crippen LogP contribution in [0.3, 0.4) is 0 Å². The Hall–Kier alpha value is -2.20. The van der Waals surface area contributed by atoms with Gasteiger partial charge in [0.1, 0.15) is 6.61 Å². The van der Waals surface area contributed by atoms with Gasteiger partial charge in [-0.15, -0.1) is 0 Å². The summed E-state index contributed by atoms with van der Waals surface area (Å²) in [7, 11) is -3.32. The van der Waals surface area contributed by atoms with Crippen molar-refractivity contribution in [3.63, 3.8) is 0 Å². The maximum Gasteiger partial charge on any atom is 0.324 e. The van der Waals surface area contributed by atoms with E-state index < -0.39 is 27.3 Å². The van der Waals surface area contributed by atoms with Gasteiger partial charge >= 0.3 is 6.03 Å². The molecule has 0 radical (unpaired) electrons. The molecule has 1 aliphatic heterocycles. The molecule has 3 amide bonds. The van der Waals surface area contributed by atoms with Gasteiger partial charge in [-0.1, -0.05) is 19.4 Å². The Morgan fingerprint density at radius 1 is 1.25 bits per heavy atom. The number of nitrogens with zero attached hydrogens (tertiary/aromatic N) is 1. The van der Waals surface area contributed by atoms with E-state index in [4.69, 9.17) is 4.74 Å². The molecule has 1 saturated heterocycles. The van der Waals surface area contributed by atoms with Gasteiger partial charge in [0.25, 0.3) is 0 Å². The molecular weight excluding hydrogens is 439 g/mol. The summed E-state index contributed by atoms with van der Waals surface area (Å²) >= 11 is 0. The van der Waals surface area contributed by atoms with E-state index in [1.807, 2.05) is 0 Å². The number of hydrogen-bond acceptors (Lipinski definition) is 6. The number of imide groups is 1. The number of hydrogen-bond donors (Lipinski definition) is 2. The minimum absolute atomic E-state index is 0.0164. The number of nitrogens with one attached hydrogen (secondary N) is 1. The Labute approximate surface area is 189 Å². The number of urea groups is 1. The lowest BCUT2D eigenvalue weighted by atomic mass is 10.0. The standard InChI is InChI=1S/C22H33FN2O6S/c1-16(17-7-8-18(23)19(13-17)31-15-22(2,3)28)14-32(29,30)12-6-4-5-10-25-11-9-20(26)24-21(25)27/h7-8,13,16,28H,4-6,9-12,14-15H2,1-3H3,(H,24,26,27)/t16-/m0/s1. The first-order valence-corrected chi connectivity index (χ1v) is 12.6. The number of halogens is 1. The number of ether oxygens (including phenoxy) is 1. The van der Waals surface area contributed by atoms with Gasteiger partial charge < -0.3 is 14.7 Å². The highest BCUT2D eigenvalue weighted by Gasteiger charge is 2.23. The van der Waals surface area contributed by atoms with E-state index in [1.165, 1.54) is 12.1 Å². The van der Waals surface area contributed by atoms with Crippen LogP contribution < -0.4 is 10.1 Å². The zero-order chi connectivity index (χ0) is 23.9. The quantitative estimate of drug-likeness (QED) is 0.452. The van der Waals surface area contributed by atoms with Crippen molar-refractivity contribution in [2.24, 2.45) is 0 Å². The molecule has 1 aliphatic rings. The smallest absolute Gasteiger partial charge is 0.324 e. The number of aliphatic hydroxyl groups is 1. The molecule has 0 aromatic heterocycles. The lowest BCUT2D eigenvalue weighted by Crippen LogP contribution is -2.49. The second-order valence-electron chi connectivity index (χ2n) is 8.96. The predicted molar refractivity (Wildman–Crippen MR) is 119 cm³/mol. The number of sulfone groups is 1. The number of amides is 3. The molecule has 8 nitrogen and oxygen atoms in total. The van der Waals surface area contributed by atoms with E-state index in [1.54, 1.807) is 31.7 Å². The lowest BCUT2D eigenvalue weighted by Gasteiger charge is -2.26. The van der Waals surface area contributed by atoms with Crippen LogP contribution in [0, 0.1) is 5.82 Å². The van der Waals surface area contributed by atoms with Crippen LogP contribution in [0.4, 0.5) is 9.18 Å². The zero-order valence-electron chi connectivity index (χ0n) is 18.9. The molecule has 180 valence electrons. The molecule has 0 bridgehead atoms. The summed E-state index contributed by atoms with van der Waals surface area (Å²) < 4.78 is 44.4. The molecule has 0 spiro atoms. The van der Waals surface area contributed by atoms with E-state index in [0.29, 0.717) is 37.9 Å². The van der Waals surface area contributed by atoms with Gasteiger partial charge in [-0.2, -0.15) is 0 Å². The monoisotopic (exact) mass is 472 g/mol. The maximum atomic E-state index is 14.0. The molecule has 10 heteroatoms. The van der Waals surface area contributed by atoms with Crippen LogP contribution in [0.2, 0.25) is 0 Å². The lowest BCUT2D eigenvalue weighted by molar-refractivity contribution is -0.121. The summed E-state index contributed by atoms with van der Waals surface area (Å²) in [6.45, 7) is 5.65. The first-order chi connectivity index (χ1) is 14.9. The zero-order valence-corrected chi connectivity index (χ0v) is 19.7. The van der Waals surface area contributed by atoms with Crippen molar-refractivity contribution in [2.75, 3.05) is 31.2 Å². The van der Waals surface area contributed by atoms with Gasteiger partial charge in [0.05, 0.1) is 17.1 Å². The van der Waals surface area contributed by atoms with E-state index in [0.717, 1.165) is 0 Å². The summed E-state index contributed by atoms with van der Waals surface area (Å²) in [4.78, 5) is 24.4. The number of carbonyl (C=O) groups excluding carboxylic acids is 2. The van der Waals surface area contributed by atoms with Crippen LogP contribution in [0.5, 0.6) is 5.75 Å². The van der Waals surface area contributed by atoms with Gasteiger partial charge in [0.15, 0.2) is 21.4 Å². The number of benzene rings is 1. The third-order valence-electron chi connectivity index (χ3n) is 5.13. The maximum absolute atomic E-state index is 14.0. The molecule has 2 rings (SSSR count). The normalized spacial score (nSPS) is 16.1. The van der Waals surface area contributed by atoms with Crippen molar-refractivity contribution in [1.29, 1.82) is 0 Å². The highest BCUT2D eigenvalue weighted by atomic mass is 32.2. The van der Waals surface area contributed by atoms with Crippen molar-refractivity contribution < 1.29 is 32.2 Å². The van der Waals surface area contributed by atoms with Crippen LogP contribution >= 0.6 is 0 Å². The fourth-order valence-electron chi connectivity index (χ4n) is 3.37. The molecule has 2 N–H and O–H groups in total. The summed E-state index contributed by atoms with van der Waals surface area (Å²) in [5.74, 6) is -1.24. The molecule has 1 fully saturated rings. The minimum Gasteiger partial charge on any atom is -0.488 e. The molecule has 1 heterocycles. The predicted octanol–water partition coefficient (Wildman–Crippen LogP) is 2.61. The summed E-state index contributed by atoms with van der Waals surface area (Å²) in [5.41, 5.74) is -0.474. The fourth-order valence-corrected chi connectivity index (χ4v) is 5.13. The van der Waals surface area contributed by atoms with Crippen molar-refractivity contribution >= 4 is 21.8 Å². The Morgan fingerprint density at radius 2 is 1.97 bits per heavy atom. The highest BCUT2D eigenvalue weighted by Crippen LogP contribution is 2.26. The van der Waals surface area contributed by atoms with Crippen LogP contribution in [0.1, 0.15) is 57.9 Å². The van der Waals surface area contributed by atoms with Crippen LogP contribution in [-0.4, -0.2) is 67.2 Å². The summed E-state index contributed by atoms with van der Waals surface area (Å²) in [5, 5.41) is 12.0. The molecule has 0 aliphatic carbocycles. The molecule has 0 unspecified atom stereocenters. The Bertz CT molecular complexity index is 913. The SMILES string of the molecule is C[C@@H](CS(=O)(=O)CCCCCN1CCC(=O)NC1=O)c1ccc(F)c(OCC(C)(C)O)c1. The third kappa shape index (κ3) is 8.74. The van der Waals surface area contributed by atoms with E-state index in [-0.39, 0.29) is 42.1 Å². The summed E-state index contributed by atoms with van der Waals surface area (Å²) in [6, 6.07) is 3.87.